The van der Waals surface area contributed by atoms with Crippen molar-refractivity contribution >= 4 is 5.97 Å². The molecule has 1 aromatic carbocycles. The number of esters is 1. The normalized spacial score (nSPS) is 14.6. The zero-order valence-corrected chi connectivity index (χ0v) is 12.6. The number of benzene rings is 1. The molecule has 20 heavy (non-hydrogen) atoms. The molecule has 108 valence electrons. The van der Waals surface area contributed by atoms with Crippen molar-refractivity contribution in [1.82, 2.24) is 0 Å². The number of hydrogen-bond donors (Lipinski definition) is 0. The van der Waals surface area contributed by atoms with Crippen molar-refractivity contribution in [2.45, 2.75) is 33.6 Å². The Morgan fingerprint density at radius 2 is 1.90 bits per heavy atom. The fraction of sp³-hybridized carbons (Fsp3) is 0.389. The minimum atomic E-state index is -0.240. The number of allylic oxidation sites excluding steroid dienone is 3. The summed E-state index contributed by atoms with van der Waals surface area (Å²) in [6.45, 7) is 6.62. The Labute approximate surface area is 122 Å². The SMILES string of the molecule is CCC(C)C(C)/C=C/C=C/OC(=O)Cc1ccccc1. The van der Waals surface area contributed by atoms with Crippen molar-refractivity contribution in [1.29, 1.82) is 0 Å². The first-order valence-electron chi connectivity index (χ1n) is 7.20. The maximum absolute atomic E-state index is 11.6. The van der Waals surface area contributed by atoms with E-state index in [0.717, 1.165) is 5.56 Å². The van der Waals surface area contributed by atoms with Gasteiger partial charge in [0, 0.05) is 0 Å². The third-order valence-corrected chi connectivity index (χ3v) is 3.54. The van der Waals surface area contributed by atoms with E-state index in [9.17, 15) is 4.79 Å². The zero-order chi connectivity index (χ0) is 14.8. The van der Waals surface area contributed by atoms with E-state index in [1.165, 1.54) is 12.7 Å². The molecule has 2 unspecified atom stereocenters. The van der Waals surface area contributed by atoms with Crippen LogP contribution in [0.3, 0.4) is 0 Å². The molecule has 1 rings (SSSR count). The van der Waals surface area contributed by atoms with Gasteiger partial charge in [-0.1, -0.05) is 69.7 Å². The van der Waals surface area contributed by atoms with E-state index >= 15 is 0 Å². The van der Waals surface area contributed by atoms with Crippen LogP contribution >= 0.6 is 0 Å². The van der Waals surface area contributed by atoms with E-state index in [-0.39, 0.29) is 5.97 Å². The van der Waals surface area contributed by atoms with Crippen LogP contribution in [0, 0.1) is 11.8 Å². The van der Waals surface area contributed by atoms with Crippen LogP contribution in [0.15, 0.2) is 54.8 Å². The van der Waals surface area contributed by atoms with Gasteiger partial charge in [0.1, 0.15) is 0 Å². The fourth-order valence-corrected chi connectivity index (χ4v) is 1.77. The highest BCUT2D eigenvalue weighted by Gasteiger charge is 2.05. The molecule has 0 saturated heterocycles. The van der Waals surface area contributed by atoms with Crippen LogP contribution in [-0.4, -0.2) is 5.97 Å². The first-order valence-corrected chi connectivity index (χ1v) is 7.20. The predicted molar refractivity (Wildman–Crippen MR) is 83.1 cm³/mol. The molecule has 2 atom stereocenters. The van der Waals surface area contributed by atoms with Crippen LogP contribution in [-0.2, 0) is 16.0 Å². The van der Waals surface area contributed by atoms with Crippen molar-refractivity contribution in [3.8, 4) is 0 Å². The third-order valence-electron chi connectivity index (χ3n) is 3.54. The first-order chi connectivity index (χ1) is 9.63. The lowest BCUT2D eigenvalue weighted by molar-refractivity contribution is -0.137. The molecule has 0 spiro atoms. The van der Waals surface area contributed by atoms with E-state index in [1.54, 1.807) is 6.08 Å². The van der Waals surface area contributed by atoms with Crippen molar-refractivity contribution in [2.24, 2.45) is 11.8 Å². The highest BCUT2D eigenvalue weighted by molar-refractivity contribution is 5.73. The average molecular weight is 272 g/mol. The van der Waals surface area contributed by atoms with Gasteiger partial charge in [0.15, 0.2) is 0 Å². The summed E-state index contributed by atoms with van der Waals surface area (Å²) in [4.78, 5) is 11.6. The van der Waals surface area contributed by atoms with Gasteiger partial charge in [-0.3, -0.25) is 4.79 Å². The van der Waals surface area contributed by atoms with Crippen LogP contribution in [0.1, 0.15) is 32.8 Å². The molecule has 0 aliphatic carbocycles. The molecule has 0 radical (unpaired) electrons. The van der Waals surface area contributed by atoms with Crippen molar-refractivity contribution in [2.75, 3.05) is 0 Å². The fourth-order valence-electron chi connectivity index (χ4n) is 1.77. The Balaban J connectivity index is 2.30. The Hall–Kier alpha value is -1.83. The van der Waals surface area contributed by atoms with Gasteiger partial charge in [0.05, 0.1) is 12.7 Å². The minimum Gasteiger partial charge on any atom is -0.434 e. The minimum absolute atomic E-state index is 0.240. The van der Waals surface area contributed by atoms with Gasteiger partial charge in [0.2, 0.25) is 0 Å². The summed E-state index contributed by atoms with van der Waals surface area (Å²) in [5.41, 5.74) is 0.965. The summed E-state index contributed by atoms with van der Waals surface area (Å²) < 4.78 is 5.04. The van der Waals surface area contributed by atoms with Gasteiger partial charge in [-0.25, -0.2) is 0 Å². The molecule has 1 aromatic rings. The zero-order valence-electron chi connectivity index (χ0n) is 12.6. The molecule has 0 bridgehead atoms. The smallest absolute Gasteiger partial charge is 0.315 e. The number of ether oxygens (including phenoxy) is 1. The molecule has 0 heterocycles. The third kappa shape index (κ3) is 6.37. The highest BCUT2D eigenvalue weighted by atomic mass is 16.5. The number of carbonyl (C=O) groups is 1. The van der Waals surface area contributed by atoms with E-state index in [0.29, 0.717) is 18.3 Å². The maximum atomic E-state index is 11.6. The monoisotopic (exact) mass is 272 g/mol. The molecule has 0 aliphatic rings. The van der Waals surface area contributed by atoms with Crippen molar-refractivity contribution in [3.63, 3.8) is 0 Å². The Bertz CT molecular complexity index is 446. The molecule has 0 fully saturated rings. The van der Waals surface area contributed by atoms with Gasteiger partial charge in [0.25, 0.3) is 0 Å². The number of hydrogen-bond acceptors (Lipinski definition) is 2. The molecule has 0 aliphatic heterocycles. The Morgan fingerprint density at radius 1 is 1.20 bits per heavy atom. The van der Waals surface area contributed by atoms with Gasteiger partial charge < -0.3 is 4.74 Å². The van der Waals surface area contributed by atoms with Crippen molar-refractivity contribution < 1.29 is 9.53 Å². The standard InChI is InChI=1S/C18H24O2/c1-4-15(2)16(3)10-8-9-13-20-18(19)14-17-11-6-5-7-12-17/h5-13,15-16H,4,14H2,1-3H3/b10-8+,13-9+. The lowest BCUT2D eigenvalue weighted by Crippen LogP contribution is -2.03. The van der Waals surface area contributed by atoms with E-state index in [1.807, 2.05) is 36.4 Å². The number of carbonyl (C=O) groups excluding carboxylic acids is 1. The second-order valence-electron chi connectivity index (χ2n) is 5.11. The Morgan fingerprint density at radius 3 is 2.55 bits per heavy atom. The average Bonchev–Trinajstić information content (AvgIpc) is 2.46. The van der Waals surface area contributed by atoms with Crippen LogP contribution in [0.25, 0.3) is 0 Å². The molecule has 2 nitrogen and oxygen atoms in total. The molecule has 2 heteroatoms. The summed E-state index contributed by atoms with van der Waals surface area (Å²) in [7, 11) is 0. The quantitative estimate of drug-likeness (QED) is 0.414. The summed E-state index contributed by atoms with van der Waals surface area (Å²) in [6, 6.07) is 9.59. The second-order valence-corrected chi connectivity index (χ2v) is 5.11. The van der Waals surface area contributed by atoms with Crippen LogP contribution < -0.4 is 0 Å². The topological polar surface area (TPSA) is 26.3 Å². The molecule has 0 saturated carbocycles. The molecule has 0 amide bonds. The van der Waals surface area contributed by atoms with Crippen LogP contribution in [0.4, 0.5) is 0 Å². The first kappa shape index (κ1) is 16.2. The van der Waals surface area contributed by atoms with Gasteiger partial charge in [-0.2, -0.15) is 0 Å². The summed E-state index contributed by atoms with van der Waals surface area (Å²) in [5, 5.41) is 0. The molecule has 0 aromatic heterocycles. The van der Waals surface area contributed by atoms with E-state index < -0.39 is 0 Å². The molecular weight excluding hydrogens is 248 g/mol. The molecule has 0 N–H and O–H groups in total. The lowest BCUT2D eigenvalue weighted by Gasteiger charge is -2.12. The van der Waals surface area contributed by atoms with Crippen molar-refractivity contribution in [3.05, 3.63) is 60.4 Å². The van der Waals surface area contributed by atoms with Crippen LogP contribution in [0.5, 0.6) is 0 Å². The summed E-state index contributed by atoms with van der Waals surface area (Å²) in [6.07, 6.45) is 8.76. The van der Waals surface area contributed by atoms with E-state index in [4.69, 9.17) is 4.74 Å². The maximum Gasteiger partial charge on any atom is 0.315 e. The number of rotatable bonds is 7. The predicted octanol–water partition coefficient (Wildman–Crippen LogP) is 4.52. The lowest BCUT2D eigenvalue weighted by atomic mass is 9.93. The van der Waals surface area contributed by atoms with Gasteiger partial charge >= 0.3 is 5.97 Å². The highest BCUT2D eigenvalue weighted by Crippen LogP contribution is 2.15. The Kier molecular flexibility index (Phi) is 7.41. The second kappa shape index (κ2) is 9.13. The summed E-state index contributed by atoms with van der Waals surface area (Å²) in [5.74, 6) is 0.959. The van der Waals surface area contributed by atoms with E-state index in [2.05, 4.69) is 26.8 Å². The summed E-state index contributed by atoms with van der Waals surface area (Å²) >= 11 is 0. The molecular formula is C18H24O2. The van der Waals surface area contributed by atoms with Gasteiger partial charge in [-0.15, -0.1) is 0 Å². The van der Waals surface area contributed by atoms with Gasteiger partial charge in [-0.05, 0) is 23.5 Å². The largest absolute Gasteiger partial charge is 0.434 e. The van der Waals surface area contributed by atoms with Crippen LogP contribution in [0.2, 0.25) is 0 Å².